The average molecular weight is 369 g/mol. The van der Waals surface area contributed by atoms with E-state index in [-0.39, 0.29) is 4.20 Å². The first-order valence-corrected chi connectivity index (χ1v) is 9.05. The van der Waals surface area contributed by atoms with Crippen LogP contribution < -0.4 is 0 Å². The van der Waals surface area contributed by atoms with Crippen molar-refractivity contribution in [2.45, 2.75) is 16.5 Å². The maximum atomic E-state index is 6.19. The van der Waals surface area contributed by atoms with E-state index in [0.717, 1.165) is 23.1 Å². The Bertz CT molecular complexity index is 473. The standard InChI is InChI=1S/C11H15BrClN3S2/c1-15-6-7(5-11(15)17-3-4-18-11)9-8(12)10(13)16(2)14-9/h7H,3-6H2,1-2H3. The molecular formula is C11H15BrClN3S2. The van der Waals surface area contributed by atoms with Crippen LogP contribution in [-0.2, 0) is 7.05 Å². The van der Waals surface area contributed by atoms with E-state index in [4.69, 9.17) is 11.6 Å². The summed E-state index contributed by atoms with van der Waals surface area (Å²) in [5.74, 6) is 2.98. The van der Waals surface area contributed by atoms with Gasteiger partial charge in [-0.2, -0.15) is 5.10 Å². The third-order valence-electron chi connectivity index (χ3n) is 3.65. The molecule has 2 aliphatic rings. The van der Waals surface area contributed by atoms with Crippen molar-refractivity contribution in [1.29, 1.82) is 0 Å². The first kappa shape index (κ1) is 13.6. The molecule has 0 N–H and O–H groups in total. The molecule has 1 atom stereocenters. The zero-order chi connectivity index (χ0) is 12.9. The van der Waals surface area contributed by atoms with E-state index in [2.05, 4.69) is 56.5 Å². The highest BCUT2D eigenvalue weighted by molar-refractivity contribution is 9.10. The second-order valence-electron chi connectivity index (χ2n) is 4.80. The summed E-state index contributed by atoms with van der Waals surface area (Å²) in [5, 5.41) is 5.27. The van der Waals surface area contributed by atoms with E-state index >= 15 is 0 Å². The minimum atomic E-state index is 0.272. The van der Waals surface area contributed by atoms with Crippen molar-refractivity contribution >= 4 is 51.1 Å². The van der Waals surface area contributed by atoms with Gasteiger partial charge in [0.05, 0.1) is 10.2 Å². The maximum absolute atomic E-state index is 6.19. The number of hydrogen-bond donors (Lipinski definition) is 0. The fourth-order valence-corrected chi connectivity index (χ4v) is 6.88. The number of likely N-dealkylation sites (N-methyl/N-ethyl adjacent to an activating group) is 1. The lowest BCUT2D eigenvalue weighted by Gasteiger charge is -2.29. The second kappa shape index (κ2) is 4.88. The van der Waals surface area contributed by atoms with Gasteiger partial charge in [-0.05, 0) is 29.4 Å². The van der Waals surface area contributed by atoms with Crippen molar-refractivity contribution in [3.05, 3.63) is 15.3 Å². The number of thioether (sulfide) groups is 2. The van der Waals surface area contributed by atoms with Crippen LogP contribution in [0.3, 0.4) is 0 Å². The van der Waals surface area contributed by atoms with Gasteiger partial charge < -0.3 is 0 Å². The minimum absolute atomic E-state index is 0.272. The lowest BCUT2D eigenvalue weighted by atomic mass is 10.1. The van der Waals surface area contributed by atoms with E-state index in [1.807, 2.05) is 7.05 Å². The Morgan fingerprint density at radius 3 is 2.61 bits per heavy atom. The third-order valence-corrected chi connectivity index (χ3v) is 8.74. The number of aryl methyl sites for hydroxylation is 1. The Morgan fingerprint density at radius 1 is 1.39 bits per heavy atom. The minimum Gasteiger partial charge on any atom is -0.283 e. The molecule has 7 heteroatoms. The highest BCUT2D eigenvalue weighted by Gasteiger charge is 2.48. The fraction of sp³-hybridized carbons (Fsp3) is 0.727. The predicted octanol–water partition coefficient (Wildman–Crippen LogP) is 3.39. The molecule has 2 fully saturated rings. The Morgan fingerprint density at radius 2 is 2.06 bits per heavy atom. The van der Waals surface area contributed by atoms with Crippen molar-refractivity contribution in [3.63, 3.8) is 0 Å². The van der Waals surface area contributed by atoms with Crippen LogP contribution in [0, 0.1) is 0 Å². The largest absolute Gasteiger partial charge is 0.283 e. The highest BCUT2D eigenvalue weighted by atomic mass is 79.9. The third kappa shape index (κ3) is 2.04. The molecule has 3 rings (SSSR count). The van der Waals surface area contributed by atoms with Crippen LogP contribution in [0.1, 0.15) is 18.0 Å². The zero-order valence-electron chi connectivity index (χ0n) is 10.3. The topological polar surface area (TPSA) is 21.1 Å². The van der Waals surface area contributed by atoms with Crippen LogP contribution in [0.2, 0.25) is 5.15 Å². The molecular weight excluding hydrogens is 354 g/mol. The smallest absolute Gasteiger partial charge is 0.141 e. The van der Waals surface area contributed by atoms with Gasteiger partial charge in [-0.15, -0.1) is 23.5 Å². The van der Waals surface area contributed by atoms with Crippen LogP contribution in [0.25, 0.3) is 0 Å². The number of aromatic nitrogens is 2. The molecule has 3 nitrogen and oxygen atoms in total. The van der Waals surface area contributed by atoms with Gasteiger partial charge in [0, 0.05) is 31.0 Å². The molecule has 100 valence electrons. The molecule has 2 aliphatic heterocycles. The number of likely N-dealkylation sites (tertiary alicyclic amines) is 1. The summed E-state index contributed by atoms with van der Waals surface area (Å²) in [5.41, 5.74) is 1.11. The molecule has 18 heavy (non-hydrogen) atoms. The van der Waals surface area contributed by atoms with Crippen molar-refractivity contribution < 1.29 is 0 Å². The van der Waals surface area contributed by atoms with Gasteiger partial charge in [-0.1, -0.05) is 11.6 Å². The van der Waals surface area contributed by atoms with Gasteiger partial charge in [-0.3, -0.25) is 9.58 Å². The van der Waals surface area contributed by atoms with Crippen molar-refractivity contribution in [2.24, 2.45) is 7.05 Å². The molecule has 1 spiro atoms. The molecule has 0 amide bonds. The lowest BCUT2D eigenvalue weighted by molar-refractivity contribution is 0.363. The molecule has 3 heterocycles. The van der Waals surface area contributed by atoms with Gasteiger partial charge in [0.15, 0.2) is 0 Å². The Kier molecular flexibility index (Phi) is 3.69. The van der Waals surface area contributed by atoms with Gasteiger partial charge in [-0.25, -0.2) is 0 Å². The van der Waals surface area contributed by atoms with Crippen LogP contribution >= 0.6 is 51.1 Å². The van der Waals surface area contributed by atoms with E-state index in [1.54, 1.807) is 4.68 Å². The Balaban J connectivity index is 1.89. The first-order valence-electron chi connectivity index (χ1n) is 5.90. The van der Waals surface area contributed by atoms with Crippen molar-refractivity contribution in [1.82, 2.24) is 14.7 Å². The molecule has 0 aromatic carbocycles. The molecule has 0 bridgehead atoms. The quantitative estimate of drug-likeness (QED) is 0.757. The summed E-state index contributed by atoms with van der Waals surface area (Å²) >= 11 is 13.9. The van der Waals surface area contributed by atoms with Gasteiger partial charge in [0.25, 0.3) is 0 Å². The summed E-state index contributed by atoms with van der Waals surface area (Å²) < 4.78 is 2.99. The monoisotopic (exact) mass is 367 g/mol. The second-order valence-corrected chi connectivity index (χ2v) is 8.96. The van der Waals surface area contributed by atoms with Gasteiger partial charge in [0.1, 0.15) is 9.36 Å². The summed E-state index contributed by atoms with van der Waals surface area (Å²) in [4.78, 5) is 2.48. The zero-order valence-corrected chi connectivity index (χ0v) is 14.3. The Hall–Kier alpha value is 0.640. The molecule has 0 radical (unpaired) electrons. The van der Waals surface area contributed by atoms with E-state index in [9.17, 15) is 0 Å². The number of hydrogen-bond acceptors (Lipinski definition) is 4. The van der Waals surface area contributed by atoms with Gasteiger partial charge in [0.2, 0.25) is 0 Å². The number of rotatable bonds is 1. The average Bonchev–Trinajstić information content (AvgIpc) is 2.99. The molecule has 0 aliphatic carbocycles. The molecule has 0 saturated carbocycles. The molecule has 1 unspecified atom stereocenters. The summed E-state index contributed by atoms with van der Waals surface area (Å²) in [6, 6.07) is 0. The van der Waals surface area contributed by atoms with E-state index in [0.29, 0.717) is 11.1 Å². The fourth-order valence-electron chi connectivity index (χ4n) is 2.72. The van der Waals surface area contributed by atoms with Crippen molar-refractivity contribution in [2.75, 3.05) is 25.1 Å². The molecule has 2 saturated heterocycles. The normalized spacial score (nSPS) is 27.4. The predicted molar refractivity (Wildman–Crippen MR) is 83.6 cm³/mol. The SMILES string of the molecule is CN1CC(c2nn(C)c(Cl)c2Br)CC12SCCS2. The summed E-state index contributed by atoms with van der Waals surface area (Å²) in [7, 11) is 4.12. The van der Waals surface area contributed by atoms with Gasteiger partial charge >= 0.3 is 0 Å². The van der Waals surface area contributed by atoms with Crippen molar-refractivity contribution in [3.8, 4) is 0 Å². The summed E-state index contributed by atoms with van der Waals surface area (Å²) in [6.07, 6.45) is 1.16. The van der Waals surface area contributed by atoms with Crippen LogP contribution in [0.4, 0.5) is 0 Å². The van der Waals surface area contributed by atoms with E-state index < -0.39 is 0 Å². The highest BCUT2D eigenvalue weighted by Crippen LogP contribution is 2.56. The van der Waals surface area contributed by atoms with Crippen LogP contribution in [-0.4, -0.2) is 44.0 Å². The van der Waals surface area contributed by atoms with E-state index in [1.165, 1.54) is 11.5 Å². The van der Waals surface area contributed by atoms with Crippen LogP contribution in [0.15, 0.2) is 4.47 Å². The molecule has 1 aromatic rings. The number of halogens is 2. The Labute approximate surface area is 129 Å². The first-order chi connectivity index (χ1) is 8.53. The molecule has 1 aromatic heterocycles. The maximum Gasteiger partial charge on any atom is 0.141 e. The summed E-state index contributed by atoms with van der Waals surface area (Å²) in [6.45, 7) is 1.06. The van der Waals surface area contributed by atoms with Crippen LogP contribution in [0.5, 0.6) is 0 Å². The number of nitrogens with zero attached hydrogens (tertiary/aromatic N) is 3. The lowest BCUT2D eigenvalue weighted by Crippen LogP contribution is -2.32.